The van der Waals surface area contributed by atoms with Crippen molar-refractivity contribution in [1.29, 1.82) is 0 Å². The van der Waals surface area contributed by atoms with E-state index in [0.717, 1.165) is 19.5 Å². The number of nitrogens with zero attached hydrogens (tertiary/aromatic N) is 1. The Labute approximate surface area is 77.7 Å². The van der Waals surface area contributed by atoms with Crippen molar-refractivity contribution in [3.8, 4) is 0 Å². The lowest BCUT2D eigenvalue weighted by Crippen LogP contribution is -2.28. The minimum Gasteiger partial charge on any atom is -0.448 e. The molecule has 0 spiro atoms. The van der Waals surface area contributed by atoms with Gasteiger partial charge in [0.2, 0.25) is 0 Å². The molecule has 0 aliphatic carbocycles. The lowest BCUT2D eigenvalue weighted by Gasteiger charge is -2.11. The molecule has 0 aromatic rings. The van der Waals surface area contributed by atoms with Crippen molar-refractivity contribution < 1.29 is 14.6 Å². The lowest BCUT2D eigenvalue weighted by molar-refractivity contribution is 0.158. The molecule has 0 saturated carbocycles. The summed E-state index contributed by atoms with van der Waals surface area (Å²) < 4.78 is 4.77. The highest BCUT2D eigenvalue weighted by Crippen LogP contribution is 2.02. The number of carbonyl (C=O) groups excluding carboxylic acids is 1. The van der Waals surface area contributed by atoms with Crippen LogP contribution in [0.5, 0.6) is 0 Å². The van der Waals surface area contributed by atoms with Gasteiger partial charge in [-0.05, 0) is 13.0 Å². The average Bonchev–Trinajstić information content (AvgIpc) is 2.52. The molecule has 0 atom stereocenters. The van der Waals surface area contributed by atoms with Crippen LogP contribution < -0.4 is 5.32 Å². The predicted molar refractivity (Wildman–Crippen MR) is 47.5 cm³/mol. The smallest absolute Gasteiger partial charge is 0.409 e. The van der Waals surface area contributed by atoms with Gasteiger partial charge in [-0.25, -0.2) is 4.79 Å². The first-order valence-electron chi connectivity index (χ1n) is 4.58. The molecule has 1 amide bonds. The first-order valence-corrected chi connectivity index (χ1v) is 4.58. The highest BCUT2D eigenvalue weighted by atomic mass is 16.6. The Morgan fingerprint density at radius 3 is 3.00 bits per heavy atom. The summed E-state index contributed by atoms with van der Waals surface area (Å²) in [5.41, 5.74) is 0. The van der Waals surface area contributed by atoms with Gasteiger partial charge in [0.15, 0.2) is 0 Å². The first-order chi connectivity index (χ1) is 6.34. The van der Waals surface area contributed by atoms with Crippen LogP contribution in [-0.4, -0.2) is 55.5 Å². The molecule has 0 unspecified atom stereocenters. The van der Waals surface area contributed by atoms with Gasteiger partial charge < -0.3 is 20.1 Å². The van der Waals surface area contributed by atoms with Gasteiger partial charge in [0.25, 0.3) is 0 Å². The number of ether oxygens (including phenoxy) is 1. The normalized spacial score (nSPS) is 16.4. The average molecular weight is 188 g/mol. The van der Waals surface area contributed by atoms with Crippen molar-refractivity contribution in [3.63, 3.8) is 0 Å². The van der Waals surface area contributed by atoms with E-state index in [1.807, 2.05) is 0 Å². The minimum absolute atomic E-state index is 0.158. The zero-order chi connectivity index (χ0) is 9.52. The molecule has 0 radical (unpaired) electrons. The van der Waals surface area contributed by atoms with Crippen molar-refractivity contribution >= 4 is 6.09 Å². The summed E-state index contributed by atoms with van der Waals surface area (Å²) in [5, 5.41) is 11.5. The number of cyclic esters (lactones) is 1. The van der Waals surface area contributed by atoms with Crippen molar-refractivity contribution in [2.75, 3.05) is 39.4 Å². The Morgan fingerprint density at radius 2 is 2.38 bits per heavy atom. The summed E-state index contributed by atoms with van der Waals surface area (Å²) in [6.07, 6.45) is 0.692. The van der Waals surface area contributed by atoms with Crippen LogP contribution in [0.4, 0.5) is 4.79 Å². The molecule has 1 rings (SSSR count). The van der Waals surface area contributed by atoms with Crippen LogP contribution >= 0.6 is 0 Å². The van der Waals surface area contributed by atoms with E-state index >= 15 is 0 Å². The monoisotopic (exact) mass is 188 g/mol. The quantitative estimate of drug-likeness (QED) is 0.547. The Bertz CT molecular complexity index is 163. The van der Waals surface area contributed by atoms with E-state index in [2.05, 4.69) is 5.32 Å². The van der Waals surface area contributed by atoms with Crippen LogP contribution in [0.1, 0.15) is 6.42 Å². The lowest BCUT2D eigenvalue weighted by atomic mass is 10.4. The maximum absolute atomic E-state index is 10.9. The molecule has 2 N–H and O–H groups in total. The van der Waals surface area contributed by atoms with Gasteiger partial charge in [-0.1, -0.05) is 0 Å². The maximum atomic E-state index is 10.9. The summed E-state index contributed by atoms with van der Waals surface area (Å²) >= 11 is 0. The molecular weight excluding hydrogens is 172 g/mol. The van der Waals surface area contributed by atoms with E-state index in [1.54, 1.807) is 4.90 Å². The second-order valence-corrected chi connectivity index (χ2v) is 2.93. The molecule has 5 heteroatoms. The fourth-order valence-corrected chi connectivity index (χ4v) is 1.23. The molecule has 13 heavy (non-hydrogen) atoms. The van der Waals surface area contributed by atoms with Gasteiger partial charge in [0.1, 0.15) is 6.61 Å². The number of aliphatic hydroxyl groups is 1. The molecule has 1 saturated heterocycles. The van der Waals surface area contributed by atoms with Gasteiger partial charge in [-0.15, -0.1) is 0 Å². The molecule has 1 heterocycles. The highest BCUT2D eigenvalue weighted by molar-refractivity contribution is 5.69. The number of rotatable bonds is 6. The number of aliphatic hydroxyl groups excluding tert-OH is 1. The van der Waals surface area contributed by atoms with Gasteiger partial charge in [0, 0.05) is 13.1 Å². The van der Waals surface area contributed by atoms with E-state index in [9.17, 15) is 4.79 Å². The fourth-order valence-electron chi connectivity index (χ4n) is 1.23. The molecule has 1 aliphatic rings. The SMILES string of the molecule is O=C1OCCN1CCCNCCO. The third-order valence-corrected chi connectivity index (χ3v) is 1.92. The van der Waals surface area contributed by atoms with E-state index in [4.69, 9.17) is 9.84 Å². The number of hydrogen-bond donors (Lipinski definition) is 2. The third kappa shape index (κ3) is 3.61. The minimum atomic E-state index is -0.206. The summed E-state index contributed by atoms with van der Waals surface area (Å²) in [4.78, 5) is 12.6. The van der Waals surface area contributed by atoms with Crippen LogP contribution in [0, 0.1) is 0 Å². The van der Waals surface area contributed by atoms with Crippen LogP contribution in [0.2, 0.25) is 0 Å². The topological polar surface area (TPSA) is 61.8 Å². The molecule has 1 fully saturated rings. The zero-order valence-electron chi connectivity index (χ0n) is 7.66. The van der Waals surface area contributed by atoms with E-state index in [0.29, 0.717) is 19.7 Å². The number of carbonyl (C=O) groups is 1. The molecular formula is C8H16N2O3. The van der Waals surface area contributed by atoms with E-state index in [-0.39, 0.29) is 12.7 Å². The second-order valence-electron chi connectivity index (χ2n) is 2.93. The van der Waals surface area contributed by atoms with Crippen LogP contribution in [-0.2, 0) is 4.74 Å². The predicted octanol–water partition coefficient (Wildman–Crippen LogP) is -0.589. The standard InChI is InChI=1S/C8H16N2O3/c11-6-3-9-2-1-4-10-5-7-13-8(10)12/h9,11H,1-7H2. The Hall–Kier alpha value is -0.810. The molecule has 76 valence electrons. The fraction of sp³-hybridized carbons (Fsp3) is 0.875. The second kappa shape index (κ2) is 5.77. The number of amides is 1. The Morgan fingerprint density at radius 1 is 1.54 bits per heavy atom. The van der Waals surface area contributed by atoms with E-state index in [1.165, 1.54) is 0 Å². The zero-order valence-corrected chi connectivity index (χ0v) is 7.66. The summed E-state index contributed by atoms with van der Waals surface area (Å²) in [7, 11) is 0. The highest BCUT2D eigenvalue weighted by Gasteiger charge is 2.20. The van der Waals surface area contributed by atoms with Gasteiger partial charge in [-0.3, -0.25) is 0 Å². The Balaban J connectivity index is 1.96. The van der Waals surface area contributed by atoms with Crippen molar-refractivity contribution in [3.05, 3.63) is 0 Å². The van der Waals surface area contributed by atoms with E-state index < -0.39 is 0 Å². The molecule has 5 nitrogen and oxygen atoms in total. The van der Waals surface area contributed by atoms with Gasteiger partial charge >= 0.3 is 6.09 Å². The molecule has 0 aromatic heterocycles. The van der Waals surface area contributed by atoms with Crippen molar-refractivity contribution in [2.24, 2.45) is 0 Å². The van der Waals surface area contributed by atoms with Crippen LogP contribution in [0.25, 0.3) is 0 Å². The Kier molecular flexibility index (Phi) is 4.56. The largest absolute Gasteiger partial charge is 0.448 e. The van der Waals surface area contributed by atoms with Gasteiger partial charge in [0.05, 0.1) is 13.2 Å². The van der Waals surface area contributed by atoms with Crippen LogP contribution in [0.15, 0.2) is 0 Å². The van der Waals surface area contributed by atoms with Crippen molar-refractivity contribution in [2.45, 2.75) is 6.42 Å². The maximum Gasteiger partial charge on any atom is 0.409 e. The molecule has 0 bridgehead atoms. The summed E-state index contributed by atoms with van der Waals surface area (Å²) in [6.45, 7) is 3.56. The van der Waals surface area contributed by atoms with Crippen LogP contribution in [0.3, 0.4) is 0 Å². The number of hydrogen-bond acceptors (Lipinski definition) is 4. The van der Waals surface area contributed by atoms with Crippen molar-refractivity contribution in [1.82, 2.24) is 10.2 Å². The van der Waals surface area contributed by atoms with Gasteiger partial charge in [-0.2, -0.15) is 0 Å². The molecule has 0 aromatic carbocycles. The molecule has 1 aliphatic heterocycles. The third-order valence-electron chi connectivity index (χ3n) is 1.92. The number of nitrogens with one attached hydrogen (secondary N) is 1. The first kappa shape index (κ1) is 10.3. The summed E-state index contributed by atoms with van der Waals surface area (Å²) in [5.74, 6) is 0. The summed E-state index contributed by atoms with van der Waals surface area (Å²) in [6, 6.07) is 0.